The quantitative estimate of drug-likeness (QED) is 0.781. The van der Waals surface area contributed by atoms with Crippen molar-refractivity contribution < 1.29 is 4.74 Å². The summed E-state index contributed by atoms with van der Waals surface area (Å²) in [5.41, 5.74) is 2.44. The van der Waals surface area contributed by atoms with Crippen molar-refractivity contribution in [2.24, 2.45) is 0 Å². The van der Waals surface area contributed by atoms with Gasteiger partial charge in [-0.15, -0.1) is 0 Å². The molecule has 2 nitrogen and oxygen atoms in total. The van der Waals surface area contributed by atoms with Gasteiger partial charge in [0.25, 0.3) is 0 Å². The Morgan fingerprint density at radius 2 is 1.62 bits per heavy atom. The lowest BCUT2D eigenvalue weighted by atomic mass is 10.0. The maximum atomic E-state index is 6.22. The summed E-state index contributed by atoms with van der Waals surface area (Å²) in [6.07, 6.45) is 1.10. The first-order valence-electron chi connectivity index (χ1n) is 7.80. The second-order valence-corrected chi connectivity index (χ2v) is 5.23. The second kappa shape index (κ2) is 7.84. The maximum absolute atomic E-state index is 6.22. The lowest BCUT2D eigenvalue weighted by Gasteiger charge is -2.22. The monoisotopic (exact) mass is 283 g/mol. The van der Waals surface area contributed by atoms with Crippen LogP contribution < -0.4 is 10.1 Å². The zero-order chi connectivity index (χ0) is 15.1. The van der Waals surface area contributed by atoms with Crippen molar-refractivity contribution in [2.75, 3.05) is 6.54 Å². The lowest BCUT2D eigenvalue weighted by molar-refractivity contribution is 0.222. The summed E-state index contributed by atoms with van der Waals surface area (Å²) in [5, 5.41) is 3.52. The smallest absolute Gasteiger partial charge is 0.124 e. The molecule has 0 aliphatic carbocycles. The molecule has 112 valence electrons. The van der Waals surface area contributed by atoms with E-state index in [2.05, 4.69) is 68.6 Å². The van der Waals surface area contributed by atoms with Crippen LogP contribution in [0.1, 0.15) is 50.5 Å². The van der Waals surface area contributed by atoms with Crippen LogP contribution in [-0.4, -0.2) is 6.54 Å². The van der Waals surface area contributed by atoms with Crippen molar-refractivity contribution in [2.45, 2.75) is 39.3 Å². The normalized spacial score (nSPS) is 13.7. The predicted octanol–water partition coefficient (Wildman–Crippen LogP) is 4.89. The molecule has 0 bridgehead atoms. The van der Waals surface area contributed by atoms with E-state index in [1.807, 2.05) is 12.1 Å². The Morgan fingerprint density at radius 3 is 2.29 bits per heavy atom. The molecule has 2 rings (SSSR count). The molecule has 0 saturated carbocycles. The average Bonchev–Trinajstić information content (AvgIpc) is 2.54. The van der Waals surface area contributed by atoms with Gasteiger partial charge < -0.3 is 10.1 Å². The standard InChI is InChI=1S/C19H25NO/c1-4-18(20-5-2)17-13-9-10-14-19(17)21-15(3)16-11-7-6-8-12-16/h6-15,18,20H,4-5H2,1-3H3. The molecule has 0 heterocycles. The van der Waals surface area contributed by atoms with E-state index in [1.165, 1.54) is 11.1 Å². The molecule has 0 radical (unpaired) electrons. The molecule has 0 spiro atoms. The van der Waals surface area contributed by atoms with Gasteiger partial charge in [-0.05, 0) is 31.5 Å². The van der Waals surface area contributed by atoms with Gasteiger partial charge in [-0.2, -0.15) is 0 Å². The molecular formula is C19H25NO. The van der Waals surface area contributed by atoms with E-state index in [4.69, 9.17) is 4.74 Å². The van der Waals surface area contributed by atoms with Crippen LogP contribution in [0.25, 0.3) is 0 Å². The zero-order valence-corrected chi connectivity index (χ0v) is 13.2. The minimum Gasteiger partial charge on any atom is -0.486 e. The van der Waals surface area contributed by atoms with Crippen molar-refractivity contribution in [3.05, 3.63) is 65.7 Å². The van der Waals surface area contributed by atoms with Gasteiger partial charge in [0.05, 0.1) is 0 Å². The molecule has 0 amide bonds. The summed E-state index contributed by atoms with van der Waals surface area (Å²) in [4.78, 5) is 0. The van der Waals surface area contributed by atoms with E-state index >= 15 is 0 Å². The highest BCUT2D eigenvalue weighted by Crippen LogP contribution is 2.30. The molecule has 2 aromatic rings. The van der Waals surface area contributed by atoms with E-state index in [0.29, 0.717) is 6.04 Å². The fourth-order valence-corrected chi connectivity index (χ4v) is 2.58. The molecule has 0 fully saturated rings. The van der Waals surface area contributed by atoms with E-state index in [9.17, 15) is 0 Å². The molecule has 2 aromatic carbocycles. The largest absolute Gasteiger partial charge is 0.486 e. The van der Waals surface area contributed by atoms with Gasteiger partial charge in [0.2, 0.25) is 0 Å². The van der Waals surface area contributed by atoms with Crippen LogP contribution in [0, 0.1) is 0 Å². The lowest BCUT2D eigenvalue weighted by Crippen LogP contribution is -2.21. The molecule has 0 aliphatic heterocycles. The van der Waals surface area contributed by atoms with Gasteiger partial charge in [0.15, 0.2) is 0 Å². The van der Waals surface area contributed by atoms with Gasteiger partial charge in [-0.3, -0.25) is 0 Å². The molecule has 21 heavy (non-hydrogen) atoms. The van der Waals surface area contributed by atoms with Crippen molar-refractivity contribution >= 4 is 0 Å². The zero-order valence-electron chi connectivity index (χ0n) is 13.2. The third kappa shape index (κ3) is 4.08. The second-order valence-electron chi connectivity index (χ2n) is 5.23. The van der Waals surface area contributed by atoms with E-state index in [0.717, 1.165) is 18.7 Å². The fraction of sp³-hybridized carbons (Fsp3) is 0.368. The number of nitrogens with one attached hydrogen (secondary N) is 1. The number of ether oxygens (including phenoxy) is 1. The number of hydrogen-bond donors (Lipinski definition) is 1. The first-order chi connectivity index (χ1) is 10.3. The van der Waals surface area contributed by atoms with Gasteiger partial charge in [-0.25, -0.2) is 0 Å². The Morgan fingerprint density at radius 1 is 0.952 bits per heavy atom. The Kier molecular flexibility index (Phi) is 5.82. The van der Waals surface area contributed by atoms with Crippen LogP contribution in [-0.2, 0) is 0 Å². The Hall–Kier alpha value is -1.80. The van der Waals surface area contributed by atoms with Crippen molar-refractivity contribution in [1.29, 1.82) is 0 Å². The molecule has 2 heteroatoms. The maximum Gasteiger partial charge on any atom is 0.124 e. The van der Waals surface area contributed by atoms with Crippen molar-refractivity contribution in [3.8, 4) is 5.75 Å². The summed E-state index contributed by atoms with van der Waals surface area (Å²) in [6.45, 7) is 7.39. The molecule has 0 saturated heterocycles. The highest BCUT2D eigenvalue weighted by atomic mass is 16.5. The van der Waals surface area contributed by atoms with Crippen molar-refractivity contribution in [3.63, 3.8) is 0 Å². The van der Waals surface area contributed by atoms with E-state index in [-0.39, 0.29) is 6.10 Å². The first kappa shape index (κ1) is 15.6. The molecular weight excluding hydrogens is 258 g/mol. The van der Waals surface area contributed by atoms with E-state index < -0.39 is 0 Å². The summed E-state index contributed by atoms with van der Waals surface area (Å²) in [6, 6.07) is 19.0. The van der Waals surface area contributed by atoms with Crippen LogP contribution in [0.4, 0.5) is 0 Å². The van der Waals surface area contributed by atoms with Crippen LogP contribution in [0.5, 0.6) is 5.75 Å². The minimum absolute atomic E-state index is 0.0477. The van der Waals surface area contributed by atoms with Gasteiger partial charge >= 0.3 is 0 Å². The summed E-state index contributed by atoms with van der Waals surface area (Å²) in [5.74, 6) is 0.974. The van der Waals surface area contributed by atoms with Crippen LogP contribution >= 0.6 is 0 Å². The highest BCUT2D eigenvalue weighted by Gasteiger charge is 2.15. The van der Waals surface area contributed by atoms with Crippen molar-refractivity contribution in [1.82, 2.24) is 5.32 Å². The molecule has 1 N–H and O–H groups in total. The molecule has 0 aliphatic rings. The summed E-state index contributed by atoms with van der Waals surface area (Å²) in [7, 11) is 0. The Balaban J connectivity index is 2.20. The SMILES string of the molecule is CCNC(CC)c1ccccc1OC(C)c1ccccc1. The van der Waals surface area contributed by atoms with Gasteiger partial charge in [-0.1, -0.05) is 62.4 Å². The summed E-state index contributed by atoms with van der Waals surface area (Å²) >= 11 is 0. The molecule has 2 unspecified atom stereocenters. The Labute approximate surface area is 128 Å². The number of rotatable bonds is 7. The minimum atomic E-state index is 0.0477. The third-order valence-corrected chi connectivity index (χ3v) is 3.73. The molecule has 2 atom stereocenters. The topological polar surface area (TPSA) is 21.3 Å². The van der Waals surface area contributed by atoms with Crippen LogP contribution in [0.2, 0.25) is 0 Å². The van der Waals surface area contributed by atoms with Gasteiger partial charge in [0.1, 0.15) is 11.9 Å². The number of hydrogen-bond acceptors (Lipinski definition) is 2. The predicted molar refractivity (Wildman–Crippen MR) is 88.6 cm³/mol. The van der Waals surface area contributed by atoms with Crippen LogP contribution in [0.15, 0.2) is 54.6 Å². The fourth-order valence-electron chi connectivity index (χ4n) is 2.58. The number of benzene rings is 2. The van der Waals surface area contributed by atoms with Gasteiger partial charge in [0, 0.05) is 11.6 Å². The Bertz CT molecular complexity index is 538. The first-order valence-corrected chi connectivity index (χ1v) is 7.80. The number of para-hydroxylation sites is 1. The summed E-state index contributed by atoms with van der Waals surface area (Å²) < 4.78 is 6.22. The highest BCUT2D eigenvalue weighted by molar-refractivity contribution is 5.36. The average molecular weight is 283 g/mol. The van der Waals surface area contributed by atoms with Crippen LogP contribution in [0.3, 0.4) is 0 Å². The molecule has 0 aromatic heterocycles. The van der Waals surface area contributed by atoms with E-state index in [1.54, 1.807) is 0 Å². The third-order valence-electron chi connectivity index (χ3n) is 3.73.